The molecule has 0 radical (unpaired) electrons. The number of hydrogen-bond acceptors (Lipinski definition) is 6. The summed E-state index contributed by atoms with van der Waals surface area (Å²) in [6.07, 6.45) is 3.68. The molecule has 31 heavy (non-hydrogen) atoms. The summed E-state index contributed by atoms with van der Waals surface area (Å²) >= 11 is 0. The van der Waals surface area contributed by atoms with Crippen LogP contribution in [0.1, 0.15) is 27.0 Å². The van der Waals surface area contributed by atoms with Gasteiger partial charge >= 0.3 is 0 Å². The lowest BCUT2D eigenvalue weighted by molar-refractivity contribution is -0.118. The van der Waals surface area contributed by atoms with Gasteiger partial charge in [-0.15, -0.1) is 0 Å². The molecule has 3 aliphatic rings. The van der Waals surface area contributed by atoms with Gasteiger partial charge in [0.05, 0.1) is 11.4 Å². The molecule has 6 nitrogen and oxygen atoms in total. The zero-order valence-electron chi connectivity index (χ0n) is 16.2. The van der Waals surface area contributed by atoms with E-state index in [0.29, 0.717) is 34.0 Å². The maximum atomic E-state index is 13.7. The Labute approximate surface area is 177 Å². The van der Waals surface area contributed by atoms with Gasteiger partial charge in [-0.3, -0.25) is 9.59 Å². The average Bonchev–Trinajstić information content (AvgIpc) is 3.06. The Bertz CT molecular complexity index is 1270. The van der Waals surface area contributed by atoms with Crippen LogP contribution in [0.25, 0.3) is 12.2 Å². The van der Waals surface area contributed by atoms with E-state index in [4.69, 9.17) is 9.68 Å². The standard InChI is InChI=1S/C25H16N2O4/c28-23-17-9-3-4-10-18(17)25(24(23)29,21-13-15-7-1-5-11-19(15)30-26-21)22-14-16-8-2-6-12-20(16)31-27-22/h1-14,26-27H. The maximum Gasteiger partial charge on any atom is 0.230 e. The molecule has 0 amide bonds. The number of carbonyl (C=O) groups is 2. The van der Waals surface area contributed by atoms with Crippen LogP contribution in [0, 0.1) is 0 Å². The Hall–Kier alpha value is -4.32. The van der Waals surface area contributed by atoms with E-state index >= 15 is 0 Å². The van der Waals surface area contributed by atoms with E-state index in [2.05, 4.69) is 11.0 Å². The van der Waals surface area contributed by atoms with Crippen molar-refractivity contribution in [3.05, 3.63) is 106 Å². The lowest BCUT2D eigenvalue weighted by Gasteiger charge is -2.36. The molecule has 0 atom stereocenters. The molecule has 2 heterocycles. The predicted octanol–water partition coefficient (Wildman–Crippen LogP) is 3.57. The van der Waals surface area contributed by atoms with Crippen molar-refractivity contribution in [2.45, 2.75) is 5.41 Å². The van der Waals surface area contributed by atoms with E-state index in [1.165, 1.54) is 0 Å². The van der Waals surface area contributed by atoms with Gasteiger partial charge < -0.3 is 9.68 Å². The predicted molar refractivity (Wildman–Crippen MR) is 114 cm³/mol. The zero-order valence-corrected chi connectivity index (χ0v) is 16.2. The molecule has 0 saturated carbocycles. The van der Waals surface area contributed by atoms with Crippen molar-refractivity contribution in [3.63, 3.8) is 0 Å². The number of carbonyl (C=O) groups excluding carboxylic acids is 2. The van der Waals surface area contributed by atoms with Crippen molar-refractivity contribution in [1.29, 1.82) is 0 Å². The first-order valence-electron chi connectivity index (χ1n) is 9.86. The molecular formula is C25H16N2O4. The maximum absolute atomic E-state index is 13.7. The van der Waals surface area contributed by atoms with Crippen molar-refractivity contribution < 1.29 is 19.3 Å². The molecule has 150 valence electrons. The fourth-order valence-electron chi connectivity index (χ4n) is 4.45. The SMILES string of the molecule is O=C1C(=O)C(C2=Cc3ccccc3ON2)(C2=Cc3ccccc3ON2)c2ccccc21. The summed E-state index contributed by atoms with van der Waals surface area (Å²) in [6.45, 7) is 0. The fraction of sp³-hybridized carbons (Fsp3) is 0.0400. The molecular weight excluding hydrogens is 392 g/mol. The first-order chi connectivity index (χ1) is 15.2. The number of para-hydroxylation sites is 2. The van der Waals surface area contributed by atoms with Crippen LogP contribution in [0.4, 0.5) is 0 Å². The van der Waals surface area contributed by atoms with Crippen LogP contribution in [0.15, 0.2) is 84.2 Å². The minimum atomic E-state index is -1.45. The number of Topliss-reactive ketones (excluding diaryl/α,β-unsaturated/α-hetero) is 2. The molecule has 0 fully saturated rings. The number of rotatable bonds is 2. The Morgan fingerprint density at radius 1 is 0.645 bits per heavy atom. The fourth-order valence-corrected chi connectivity index (χ4v) is 4.45. The van der Waals surface area contributed by atoms with E-state index in [0.717, 1.165) is 11.1 Å². The van der Waals surface area contributed by atoms with Crippen LogP contribution in [0.5, 0.6) is 11.5 Å². The van der Waals surface area contributed by atoms with E-state index < -0.39 is 17.0 Å². The van der Waals surface area contributed by atoms with Gasteiger partial charge in [-0.2, -0.15) is 0 Å². The molecule has 2 N–H and O–H groups in total. The molecule has 0 spiro atoms. The number of ketones is 2. The van der Waals surface area contributed by atoms with Gasteiger partial charge in [0, 0.05) is 16.7 Å². The number of benzene rings is 3. The van der Waals surface area contributed by atoms with Crippen LogP contribution in [0.2, 0.25) is 0 Å². The Morgan fingerprint density at radius 2 is 1.16 bits per heavy atom. The smallest absolute Gasteiger partial charge is 0.230 e. The Morgan fingerprint density at radius 3 is 1.77 bits per heavy atom. The van der Waals surface area contributed by atoms with Gasteiger partial charge in [0.2, 0.25) is 11.6 Å². The third kappa shape index (κ3) is 2.33. The molecule has 0 aromatic heterocycles. The van der Waals surface area contributed by atoms with E-state index in [1.807, 2.05) is 66.7 Å². The highest BCUT2D eigenvalue weighted by molar-refractivity contribution is 6.52. The summed E-state index contributed by atoms with van der Waals surface area (Å²) < 4.78 is 0. The molecule has 3 aromatic carbocycles. The summed E-state index contributed by atoms with van der Waals surface area (Å²) in [5.74, 6) is 0.160. The quantitative estimate of drug-likeness (QED) is 0.632. The summed E-state index contributed by atoms with van der Waals surface area (Å²) in [5.41, 5.74) is 7.83. The minimum absolute atomic E-state index is 0.371. The number of hydrogen-bond donors (Lipinski definition) is 2. The van der Waals surface area contributed by atoms with Gasteiger partial charge in [0.1, 0.15) is 5.41 Å². The summed E-state index contributed by atoms with van der Waals surface area (Å²) in [4.78, 5) is 38.2. The van der Waals surface area contributed by atoms with Crippen LogP contribution in [-0.2, 0) is 10.2 Å². The number of nitrogens with one attached hydrogen (secondary N) is 2. The molecule has 6 heteroatoms. The van der Waals surface area contributed by atoms with Gasteiger partial charge in [-0.25, -0.2) is 11.0 Å². The third-order valence-corrected chi connectivity index (χ3v) is 5.91. The average molecular weight is 408 g/mol. The topological polar surface area (TPSA) is 76.7 Å². The largest absolute Gasteiger partial charge is 0.382 e. The molecule has 6 rings (SSSR count). The normalized spacial score (nSPS) is 17.5. The minimum Gasteiger partial charge on any atom is -0.382 e. The monoisotopic (exact) mass is 408 g/mol. The highest BCUT2D eigenvalue weighted by Gasteiger charge is 2.58. The Kier molecular flexibility index (Phi) is 3.58. The van der Waals surface area contributed by atoms with E-state index in [-0.39, 0.29) is 0 Å². The first kappa shape index (κ1) is 17.5. The van der Waals surface area contributed by atoms with Crippen LogP contribution in [-0.4, -0.2) is 11.6 Å². The second-order valence-corrected chi connectivity index (χ2v) is 7.55. The van der Waals surface area contributed by atoms with Crippen molar-refractivity contribution in [2.75, 3.05) is 0 Å². The van der Waals surface area contributed by atoms with Crippen LogP contribution in [0.3, 0.4) is 0 Å². The number of fused-ring (bicyclic) bond motifs is 3. The first-order valence-corrected chi connectivity index (χ1v) is 9.86. The molecule has 0 saturated heterocycles. The lowest BCUT2D eigenvalue weighted by atomic mass is 9.73. The molecule has 2 aliphatic heterocycles. The molecule has 1 aliphatic carbocycles. The summed E-state index contributed by atoms with van der Waals surface area (Å²) in [7, 11) is 0. The van der Waals surface area contributed by atoms with Crippen LogP contribution < -0.4 is 20.6 Å². The van der Waals surface area contributed by atoms with Crippen molar-refractivity contribution >= 4 is 23.7 Å². The molecule has 0 unspecified atom stereocenters. The van der Waals surface area contributed by atoms with E-state index in [1.54, 1.807) is 18.2 Å². The summed E-state index contributed by atoms with van der Waals surface area (Å²) in [6, 6.07) is 22.0. The molecule has 3 aromatic rings. The second-order valence-electron chi connectivity index (χ2n) is 7.55. The molecule has 0 bridgehead atoms. The lowest BCUT2D eigenvalue weighted by Crippen LogP contribution is -2.49. The highest BCUT2D eigenvalue weighted by Crippen LogP contribution is 2.48. The van der Waals surface area contributed by atoms with Crippen molar-refractivity contribution in [3.8, 4) is 11.5 Å². The van der Waals surface area contributed by atoms with Gasteiger partial charge in [-0.05, 0) is 29.8 Å². The van der Waals surface area contributed by atoms with Crippen LogP contribution >= 0.6 is 0 Å². The summed E-state index contributed by atoms with van der Waals surface area (Å²) in [5, 5.41) is 0. The van der Waals surface area contributed by atoms with E-state index in [9.17, 15) is 9.59 Å². The van der Waals surface area contributed by atoms with Gasteiger partial charge in [0.15, 0.2) is 11.5 Å². The van der Waals surface area contributed by atoms with Crippen molar-refractivity contribution in [2.24, 2.45) is 0 Å². The zero-order chi connectivity index (χ0) is 21.0. The second kappa shape index (κ2) is 6.34. The number of hydroxylamine groups is 2. The van der Waals surface area contributed by atoms with Gasteiger partial charge in [0.25, 0.3) is 0 Å². The Balaban J connectivity index is 1.65. The highest BCUT2D eigenvalue weighted by atomic mass is 16.7. The third-order valence-electron chi connectivity index (χ3n) is 5.91. The van der Waals surface area contributed by atoms with Gasteiger partial charge in [-0.1, -0.05) is 60.7 Å². The van der Waals surface area contributed by atoms with Crippen molar-refractivity contribution in [1.82, 2.24) is 11.0 Å².